The Morgan fingerprint density at radius 3 is 2.69 bits per heavy atom. The molecule has 5 nitrogen and oxygen atoms in total. The second kappa shape index (κ2) is 8.43. The van der Waals surface area contributed by atoms with E-state index in [0.29, 0.717) is 25.3 Å². The van der Waals surface area contributed by atoms with Crippen LogP contribution in [0.3, 0.4) is 0 Å². The number of para-hydroxylation sites is 1. The Morgan fingerprint density at radius 1 is 1.10 bits per heavy atom. The first-order chi connectivity index (χ1) is 14.1. The summed E-state index contributed by atoms with van der Waals surface area (Å²) in [6, 6.07) is 12.3. The van der Waals surface area contributed by atoms with E-state index in [0.717, 1.165) is 36.2 Å². The molecule has 0 unspecified atom stereocenters. The van der Waals surface area contributed by atoms with Gasteiger partial charge in [0.2, 0.25) is 0 Å². The van der Waals surface area contributed by atoms with Gasteiger partial charge in [-0.05, 0) is 62.1 Å². The molecule has 1 amide bonds. The third-order valence-electron chi connectivity index (χ3n) is 4.92. The highest BCUT2D eigenvalue weighted by Crippen LogP contribution is 2.28. The van der Waals surface area contributed by atoms with E-state index < -0.39 is 5.82 Å². The van der Waals surface area contributed by atoms with Crippen molar-refractivity contribution in [1.82, 2.24) is 15.1 Å². The highest BCUT2D eigenvalue weighted by molar-refractivity contribution is 5.94. The summed E-state index contributed by atoms with van der Waals surface area (Å²) in [5.74, 6) is -0.754. The smallest absolute Gasteiger partial charge is 0.272 e. The number of aromatic nitrogens is 2. The molecule has 1 aromatic heterocycles. The van der Waals surface area contributed by atoms with Crippen molar-refractivity contribution < 1.29 is 18.3 Å². The maximum absolute atomic E-state index is 13.5. The van der Waals surface area contributed by atoms with Gasteiger partial charge in [0, 0.05) is 17.8 Å². The minimum Gasteiger partial charge on any atom is -0.490 e. The van der Waals surface area contributed by atoms with E-state index in [1.807, 2.05) is 0 Å². The summed E-state index contributed by atoms with van der Waals surface area (Å²) in [4.78, 5) is 12.6. The Morgan fingerprint density at radius 2 is 1.90 bits per heavy atom. The summed E-state index contributed by atoms with van der Waals surface area (Å²) in [5.41, 5.74) is 3.11. The highest BCUT2D eigenvalue weighted by Gasteiger charge is 2.26. The molecule has 1 heterocycles. The largest absolute Gasteiger partial charge is 0.490 e. The third-order valence-corrected chi connectivity index (χ3v) is 4.92. The zero-order valence-electron chi connectivity index (χ0n) is 15.8. The predicted octanol–water partition coefficient (Wildman–Crippen LogP) is 3.84. The summed E-state index contributed by atoms with van der Waals surface area (Å²) in [7, 11) is 0. The number of amides is 1. The number of nitrogens with one attached hydrogen (secondary N) is 1. The molecule has 4 rings (SSSR count). The van der Waals surface area contributed by atoms with Gasteiger partial charge >= 0.3 is 0 Å². The summed E-state index contributed by atoms with van der Waals surface area (Å²) < 4.78 is 33.9. The second-order valence-corrected chi connectivity index (χ2v) is 6.90. The van der Waals surface area contributed by atoms with Gasteiger partial charge in [0.1, 0.15) is 5.82 Å². The minimum absolute atomic E-state index is 0.203. The van der Waals surface area contributed by atoms with Crippen LogP contribution in [0.15, 0.2) is 48.5 Å². The number of carbonyl (C=O) groups is 1. The SMILES string of the molecule is O=C(NCCCOc1ccccc1F)c1nn(-c2ccc(F)cc2)c2c1CCC2. The number of hydrogen-bond acceptors (Lipinski definition) is 3. The molecular formula is C22H21F2N3O2. The van der Waals surface area contributed by atoms with E-state index in [-0.39, 0.29) is 17.5 Å². The zero-order valence-corrected chi connectivity index (χ0v) is 15.8. The van der Waals surface area contributed by atoms with Crippen LogP contribution in [-0.4, -0.2) is 28.8 Å². The van der Waals surface area contributed by atoms with Crippen LogP contribution in [0.4, 0.5) is 8.78 Å². The number of ether oxygens (including phenoxy) is 1. The molecule has 0 saturated heterocycles. The van der Waals surface area contributed by atoms with E-state index in [1.54, 1.807) is 35.0 Å². The third kappa shape index (κ3) is 4.13. The molecule has 1 aliphatic carbocycles. The minimum atomic E-state index is -0.404. The second-order valence-electron chi connectivity index (χ2n) is 6.90. The number of carbonyl (C=O) groups excluding carboxylic acids is 1. The quantitative estimate of drug-likeness (QED) is 0.617. The molecule has 0 aliphatic heterocycles. The average Bonchev–Trinajstić information content (AvgIpc) is 3.32. The summed E-state index contributed by atoms with van der Waals surface area (Å²) in [5, 5.41) is 7.35. The van der Waals surface area contributed by atoms with Gasteiger partial charge in [-0.15, -0.1) is 0 Å². The van der Waals surface area contributed by atoms with E-state index >= 15 is 0 Å². The van der Waals surface area contributed by atoms with Gasteiger partial charge in [0.05, 0.1) is 12.3 Å². The molecule has 150 valence electrons. The molecule has 0 radical (unpaired) electrons. The highest BCUT2D eigenvalue weighted by atomic mass is 19.1. The molecule has 29 heavy (non-hydrogen) atoms. The molecule has 3 aromatic rings. The van der Waals surface area contributed by atoms with Gasteiger partial charge in [-0.1, -0.05) is 12.1 Å². The normalized spacial score (nSPS) is 12.6. The van der Waals surface area contributed by atoms with E-state index in [9.17, 15) is 13.6 Å². The number of rotatable bonds is 7. The van der Waals surface area contributed by atoms with Crippen molar-refractivity contribution in [3.8, 4) is 11.4 Å². The van der Waals surface area contributed by atoms with Crippen molar-refractivity contribution >= 4 is 5.91 Å². The van der Waals surface area contributed by atoms with Crippen molar-refractivity contribution in [3.63, 3.8) is 0 Å². The van der Waals surface area contributed by atoms with Crippen molar-refractivity contribution in [1.29, 1.82) is 0 Å². The Bertz CT molecular complexity index is 1020. The summed E-state index contributed by atoms with van der Waals surface area (Å²) in [6.07, 6.45) is 3.14. The topological polar surface area (TPSA) is 56.1 Å². The molecule has 0 bridgehead atoms. The average molecular weight is 397 g/mol. The van der Waals surface area contributed by atoms with E-state index in [4.69, 9.17) is 4.74 Å². The molecule has 1 N–H and O–H groups in total. The molecule has 0 fully saturated rings. The number of halogens is 2. The maximum Gasteiger partial charge on any atom is 0.272 e. The van der Waals surface area contributed by atoms with Crippen LogP contribution < -0.4 is 10.1 Å². The molecule has 0 saturated carbocycles. The monoisotopic (exact) mass is 397 g/mol. The lowest BCUT2D eigenvalue weighted by atomic mass is 10.2. The van der Waals surface area contributed by atoms with Gasteiger partial charge in [0.15, 0.2) is 17.3 Å². The summed E-state index contributed by atoms with van der Waals surface area (Å²) >= 11 is 0. The van der Waals surface area contributed by atoms with Crippen LogP contribution in [0.2, 0.25) is 0 Å². The maximum atomic E-state index is 13.5. The Balaban J connectivity index is 1.37. The molecule has 0 atom stereocenters. The van der Waals surface area contributed by atoms with E-state index in [2.05, 4.69) is 10.4 Å². The molecule has 7 heteroatoms. The first-order valence-corrected chi connectivity index (χ1v) is 9.66. The zero-order chi connectivity index (χ0) is 20.2. The molecular weight excluding hydrogens is 376 g/mol. The van der Waals surface area contributed by atoms with Crippen LogP contribution in [-0.2, 0) is 12.8 Å². The number of nitrogens with zero attached hydrogens (tertiary/aromatic N) is 2. The van der Waals surface area contributed by atoms with Gasteiger partial charge in [0.25, 0.3) is 5.91 Å². The molecule has 2 aromatic carbocycles. The number of fused-ring (bicyclic) bond motifs is 1. The van der Waals surface area contributed by atoms with Crippen molar-refractivity contribution in [2.45, 2.75) is 25.7 Å². The van der Waals surface area contributed by atoms with Crippen LogP contribution in [0.25, 0.3) is 5.69 Å². The Labute approximate surface area is 167 Å². The van der Waals surface area contributed by atoms with Gasteiger partial charge < -0.3 is 10.1 Å². The van der Waals surface area contributed by atoms with Crippen LogP contribution in [0.5, 0.6) is 5.75 Å². The van der Waals surface area contributed by atoms with Crippen molar-refractivity contribution in [2.75, 3.05) is 13.2 Å². The van der Waals surface area contributed by atoms with Gasteiger partial charge in [-0.3, -0.25) is 4.79 Å². The van der Waals surface area contributed by atoms with Crippen molar-refractivity contribution in [3.05, 3.63) is 77.1 Å². The molecule has 1 aliphatic rings. The number of benzene rings is 2. The Hall–Kier alpha value is -3.22. The molecule has 0 spiro atoms. The fourth-order valence-electron chi connectivity index (χ4n) is 3.52. The number of hydrogen-bond donors (Lipinski definition) is 1. The van der Waals surface area contributed by atoms with Gasteiger partial charge in [-0.25, -0.2) is 13.5 Å². The standard InChI is InChI=1S/C22H21F2N3O2/c23-15-9-11-16(12-10-15)27-19-7-3-5-17(19)21(26-27)22(28)25-13-4-14-29-20-8-2-1-6-18(20)24/h1-2,6,8-12H,3-5,7,13-14H2,(H,25,28). The first kappa shape index (κ1) is 19.1. The van der Waals surface area contributed by atoms with Crippen LogP contribution >= 0.6 is 0 Å². The first-order valence-electron chi connectivity index (χ1n) is 9.66. The Kier molecular flexibility index (Phi) is 5.55. The predicted molar refractivity (Wildman–Crippen MR) is 104 cm³/mol. The van der Waals surface area contributed by atoms with Crippen LogP contribution in [0.1, 0.15) is 34.6 Å². The summed E-state index contributed by atoms with van der Waals surface area (Å²) in [6.45, 7) is 0.689. The van der Waals surface area contributed by atoms with Crippen molar-refractivity contribution in [2.24, 2.45) is 0 Å². The van der Waals surface area contributed by atoms with Crippen LogP contribution in [0, 0.1) is 11.6 Å². The fourth-order valence-corrected chi connectivity index (χ4v) is 3.52. The van der Waals surface area contributed by atoms with Gasteiger partial charge in [-0.2, -0.15) is 5.10 Å². The lowest BCUT2D eigenvalue weighted by molar-refractivity contribution is 0.0945. The lowest BCUT2D eigenvalue weighted by Crippen LogP contribution is -2.27. The van der Waals surface area contributed by atoms with E-state index in [1.165, 1.54) is 18.2 Å². The lowest BCUT2D eigenvalue weighted by Gasteiger charge is -2.08. The fraction of sp³-hybridized carbons (Fsp3) is 0.273.